The van der Waals surface area contributed by atoms with Crippen LogP contribution in [0.3, 0.4) is 0 Å². The van der Waals surface area contributed by atoms with Crippen LogP contribution >= 0.6 is 11.6 Å². The van der Waals surface area contributed by atoms with E-state index in [0.29, 0.717) is 0 Å². The van der Waals surface area contributed by atoms with E-state index in [9.17, 15) is 14.5 Å². The highest BCUT2D eigenvalue weighted by atomic mass is 35.5. The molecule has 1 aromatic carbocycles. The van der Waals surface area contributed by atoms with Gasteiger partial charge in [0.05, 0.1) is 4.92 Å². The van der Waals surface area contributed by atoms with Gasteiger partial charge in [-0.25, -0.2) is 4.98 Å². The molecule has 0 N–H and O–H groups in total. The SMILES string of the molecule is O=[N+]([O-])c1ccc(Oc2ccnc(Cl)n2)cc1F. The highest BCUT2D eigenvalue weighted by molar-refractivity contribution is 6.28. The smallest absolute Gasteiger partial charge is 0.305 e. The van der Waals surface area contributed by atoms with Crippen molar-refractivity contribution in [1.29, 1.82) is 0 Å². The van der Waals surface area contributed by atoms with Gasteiger partial charge in [-0.2, -0.15) is 9.37 Å². The van der Waals surface area contributed by atoms with E-state index in [0.717, 1.165) is 12.1 Å². The number of nitrogens with zero attached hydrogens (tertiary/aromatic N) is 3. The van der Waals surface area contributed by atoms with Gasteiger partial charge in [0.2, 0.25) is 17.0 Å². The minimum atomic E-state index is -0.988. The third kappa shape index (κ3) is 2.69. The first kappa shape index (κ1) is 12.2. The number of rotatable bonds is 3. The molecule has 0 aliphatic heterocycles. The van der Waals surface area contributed by atoms with E-state index in [1.807, 2.05) is 0 Å². The molecule has 2 aromatic rings. The predicted molar refractivity (Wildman–Crippen MR) is 60.2 cm³/mol. The minimum Gasteiger partial charge on any atom is -0.439 e. The van der Waals surface area contributed by atoms with Crippen molar-refractivity contribution >= 4 is 17.3 Å². The molecule has 0 aliphatic rings. The maximum atomic E-state index is 13.3. The molecule has 0 unspecified atom stereocenters. The molecule has 0 radical (unpaired) electrons. The molecule has 0 atom stereocenters. The fraction of sp³-hybridized carbons (Fsp3) is 0. The van der Waals surface area contributed by atoms with Crippen molar-refractivity contribution in [2.45, 2.75) is 0 Å². The molecule has 8 heteroatoms. The number of halogens is 2. The predicted octanol–water partition coefficient (Wildman–Crippen LogP) is 2.97. The maximum Gasteiger partial charge on any atom is 0.305 e. The second-order valence-electron chi connectivity index (χ2n) is 3.14. The zero-order valence-corrected chi connectivity index (χ0v) is 9.46. The topological polar surface area (TPSA) is 78.2 Å². The third-order valence-corrected chi connectivity index (χ3v) is 2.12. The zero-order chi connectivity index (χ0) is 13.1. The molecule has 0 saturated heterocycles. The van der Waals surface area contributed by atoms with Gasteiger partial charge in [-0.3, -0.25) is 10.1 Å². The van der Waals surface area contributed by atoms with Crippen LogP contribution in [0.15, 0.2) is 30.5 Å². The van der Waals surface area contributed by atoms with Crippen molar-refractivity contribution in [1.82, 2.24) is 9.97 Å². The number of aromatic nitrogens is 2. The Labute approximate surface area is 105 Å². The van der Waals surface area contributed by atoms with Crippen molar-refractivity contribution in [2.24, 2.45) is 0 Å². The van der Waals surface area contributed by atoms with Gasteiger partial charge in [0.1, 0.15) is 5.75 Å². The number of nitro benzene ring substituents is 1. The lowest BCUT2D eigenvalue weighted by Crippen LogP contribution is -1.94. The van der Waals surface area contributed by atoms with Gasteiger partial charge in [-0.15, -0.1) is 0 Å². The lowest BCUT2D eigenvalue weighted by atomic mass is 10.3. The van der Waals surface area contributed by atoms with Crippen LogP contribution in [0.5, 0.6) is 11.6 Å². The van der Waals surface area contributed by atoms with Crippen LogP contribution in [0.25, 0.3) is 0 Å². The van der Waals surface area contributed by atoms with Crippen LogP contribution in [-0.4, -0.2) is 14.9 Å². The molecule has 0 saturated carbocycles. The summed E-state index contributed by atoms with van der Waals surface area (Å²) in [5.74, 6) is -0.797. The summed E-state index contributed by atoms with van der Waals surface area (Å²) in [6.07, 6.45) is 1.37. The van der Waals surface area contributed by atoms with E-state index in [1.54, 1.807) is 0 Å². The average Bonchev–Trinajstić information content (AvgIpc) is 2.28. The molecule has 0 fully saturated rings. The summed E-state index contributed by atoms with van der Waals surface area (Å²) in [7, 11) is 0. The van der Waals surface area contributed by atoms with Gasteiger partial charge < -0.3 is 4.74 Å². The Morgan fingerprint density at radius 2 is 2.17 bits per heavy atom. The third-order valence-electron chi connectivity index (χ3n) is 1.94. The normalized spacial score (nSPS) is 10.1. The molecule has 18 heavy (non-hydrogen) atoms. The first-order valence-corrected chi connectivity index (χ1v) is 5.04. The van der Waals surface area contributed by atoms with Crippen molar-refractivity contribution in [3.63, 3.8) is 0 Å². The summed E-state index contributed by atoms with van der Waals surface area (Å²) < 4.78 is 18.5. The fourth-order valence-corrected chi connectivity index (χ4v) is 1.34. The van der Waals surface area contributed by atoms with E-state index < -0.39 is 16.4 Å². The maximum absolute atomic E-state index is 13.3. The summed E-state index contributed by atoms with van der Waals surface area (Å²) in [5.41, 5.74) is -0.622. The number of nitro groups is 1. The lowest BCUT2D eigenvalue weighted by Gasteiger charge is -2.04. The molecule has 0 amide bonds. The molecule has 2 rings (SSSR count). The van der Waals surface area contributed by atoms with Crippen LogP contribution in [0, 0.1) is 15.9 Å². The molecular formula is C10H5ClFN3O3. The molecule has 1 heterocycles. The van der Waals surface area contributed by atoms with E-state index >= 15 is 0 Å². The number of benzene rings is 1. The summed E-state index contributed by atoms with van der Waals surface area (Å²) in [6.45, 7) is 0. The summed E-state index contributed by atoms with van der Waals surface area (Å²) in [4.78, 5) is 17.0. The summed E-state index contributed by atoms with van der Waals surface area (Å²) in [5, 5.41) is 10.4. The van der Waals surface area contributed by atoms with Gasteiger partial charge in [0.25, 0.3) is 0 Å². The van der Waals surface area contributed by atoms with Gasteiger partial charge in [0, 0.05) is 24.4 Å². The second kappa shape index (κ2) is 4.92. The molecular weight excluding hydrogens is 265 g/mol. The average molecular weight is 270 g/mol. The molecule has 6 nitrogen and oxygen atoms in total. The Morgan fingerprint density at radius 1 is 1.39 bits per heavy atom. The first-order valence-electron chi connectivity index (χ1n) is 4.66. The van der Waals surface area contributed by atoms with Crippen molar-refractivity contribution < 1.29 is 14.1 Å². The van der Waals surface area contributed by atoms with Gasteiger partial charge in [0.15, 0.2) is 0 Å². The highest BCUT2D eigenvalue weighted by Gasteiger charge is 2.14. The van der Waals surface area contributed by atoms with Crippen LogP contribution in [0.1, 0.15) is 0 Å². The largest absolute Gasteiger partial charge is 0.439 e. The Kier molecular flexibility index (Phi) is 3.33. The Morgan fingerprint density at radius 3 is 2.78 bits per heavy atom. The number of hydrogen-bond acceptors (Lipinski definition) is 5. The van der Waals surface area contributed by atoms with Crippen molar-refractivity contribution in [2.75, 3.05) is 0 Å². The van der Waals surface area contributed by atoms with Crippen molar-refractivity contribution in [3.8, 4) is 11.6 Å². The first-order chi connectivity index (χ1) is 8.56. The van der Waals surface area contributed by atoms with Gasteiger partial charge in [-0.05, 0) is 17.7 Å². The van der Waals surface area contributed by atoms with Crippen LogP contribution < -0.4 is 4.74 Å². The van der Waals surface area contributed by atoms with E-state index in [1.165, 1.54) is 18.3 Å². The Bertz CT molecular complexity index is 609. The minimum absolute atomic E-state index is 0.0186. The summed E-state index contributed by atoms with van der Waals surface area (Å²) >= 11 is 5.54. The van der Waals surface area contributed by atoms with Gasteiger partial charge in [-0.1, -0.05) is 0 Å². The highest BCUT2D eigenvalue weighted by Crippen LogP contribution is 2.25. The van der Waals surface area contributed by atoms with Crippen LogP contribution in [0.2, 0.25) is 5.28 Å². The summed E-state index contributed by atoms with van der Waals surface area (Å²) in [6, 6.07) is 4.59. The molecule has 92 valence electrons. The molecule has 0 bridgehead atoms. The van der Waals surface area contributed by atoms with Crippen LogP contribution in [-0.2, 0) is 0 Å². The number of ether oxygens (including phenoxy) is 1. The Hall–Kier alpha value is -2.28. The fourth-order valence-electron chi connectivity index (χ4n) is 1.20. The lowest BCUT2D eigenvalue weighted by molar-refractivity contribution is -0.387. The molecule has 1 aromatic heterocycles. The number of hydrogen-bond donors (Lipinski definition) is 0. The second-order valence-corrected chi connectivity index (χ2v) is 3.47. The van der Waals surface area contributed by atoms with E-state index in [2.05, 4.69) is 9.97 Å². The van der Waals surface area contributed by atoms with Crippen LogP contribution in [0.4, 0.5) is 10.1 Å². The van der Waals surface area contributed by atoms with Gasteiger partial charge >= 0.3 is 5.69 Å². The van der Waals surface area contributed by atoms with E-state index in [4.69, 9.17) is 16.3 Å². The standard InChI is InChI=1S/C10H5ClFN3O3/c11-10-13-4-3-9(14-10)18-6-1-2-8(15(16)17)7(12)5-6/h1-5H. The quantitative estimate of drug-likeness (QED) is 0.486. The zero-order valence-electron chi connectivity index (χ0n) is 8.71. The van der Waals surface area contributed by atoms with Crippen molar-refractivity contribution in [3.05, 3.63) is 51.7 Å². The Balaban J connectivity index is 2.25. The molecule has 0 spiro atoms. The van der Waals surface area contributed by atoms with E-state index in [-0.39, 0.29) is 16.9 Å². The molecule has 0 aliphatic carbocycles. The monoisotopic (exact) mass is 269 g/mol.